The molecule has 0 aliphatic rings. The molecule has 0 saturated carbocycles. The lowest BCUT2D eigenvalue weighted by Gasteiger charge is -2.29. The van der Waals surface area contributed by atoms with Gasteiger partial charge in [0.05, 0.1) is 12.2 Å². The number of carbonyl (C=O) groups excluding carboxylic acids is 3. The Morgan fingerprint density at radius 3 is 2.22 bits per heavy atom. The zero-order valence-corrected chi connectivity index (χ0v) is 13.8. The van der Waals surface area contributed by atoms with Gasteiger partial charge in [-0.15, -0.1) is 0 Å². The highest BCUT2D eigenvalue weighted by Crippen LogP contribution is 2.27. The largest absolute Gasteiger partial charge is 0.463 e. The molecule has 0 spiro atoms. The molecule has 0 bridgehead atoms. The number of hydrogen-bond donors (Lipinski definition) is 0. The van der Waals surface area contributed by atoms with E-state index in [1.54, 1.807) is 37.3 Å². The molecule has 0 saturated heterocycles. The maximum absolute atomic E-state index is 12.4. The van der Waals surface area contributed by atoms with E-state index >= 15 is 0 Å². The Morgan fingerprint density at radius 1 is 1.13 bits per heavy atom. The Morgan fingerprint density at radius 2 is 1.74 bits per heavy atom. The van der Waals surface area contributed by atoms with Crippen LogP contribution < -0.4 is 0 Å². The predicted octanol–water partition coefficient (Wildman–Crippen LogP) is 3.09. The van der Waals surface area contributed by atoms with Gasteiger partial charge in [-0.05, 0) is 32.4 Å². The first-order chi connectivity index (χ1) is 10.9. The molecule has 23 heavy (non-hydrogen) atoms. The Hall–Kier alpha value is -2.43. The van der Waals surface area contributed by atoms with Crippen LogP contribution in [-0.4, -0.2) is 29.9 Å². The second-order valence-corrected chi connectivity index (χ2v) is 5.14. The maximum atomic E-state index is 12.4. The van der Waals surface area contributed by atoms with Crippen molar-refractivity contribution >= 4 is 17.7 Å². The van der Waals surface area contributed by atoms with Crippen LogP contribution in [0.15, 0.2) is 42.5 Å². The maximum Gasteiger partial charge on any atom is 0.358 e. The van der Waals surface area contributed by atoms with Gasteiger partial charge in [0.1, 0.15) is 0 Å². The number of rotatable bonds is 8. The highest BCUT2D eigenvalue weighted by Gasteiger charge is 2.49. The molecule has 1 unspecified atom stereocenters. The molecule has 5 heteroatoms. The van der Waals surface area contributed by atoms with Crippen LogP contribution in [0.4, 0.5) is 0 Å². The predicted molar refractivity (Wildman–Crippen MR) is 86.0 cm³/mol. The zero-order valence-electron chi connectivity index (χ0n) is 13.8. The molecular weight excluding hydrogens is 296 g/mol. The van der Waals surface area contributed by atoms with Crippen LogP contribution >= 0.6 is 0 Å². The van der Waals surface area contributed by atoms with Gasteiger partial charge in [-0.25, -0.2) is 9.59 Å². The summed E-state index contributed by atoms with van der Waals surface area (Å²) in [6.07, 6.45) is 0.466. The molecule has 0 aromatic heterocycles. The minimum atomic E-state index is -1.99. The highest BCUT2D eigenvalue weighted by molar-refractivity contribution is 6.09. The lowest BCUT2D eigenvalue weighted by molar-refractivity contribution is -0.170. The van der Waals surface area contributed by atoms with Crippen LogP contribution in [0.25, 0.3) is 0 Å². The molecule has 124 valence electrons. The van der Waals surface area contributed by atoms with Crippen LogP contribution in [0, 0.1) is 0 Å². The summed E-state index contributed by atoms with van der Waals surface area (Å²) in [5, 5.41) is 0. The molecule has 5 nitrogen and oxygen atoms in total. The number of esters is 2. The second kappa shape index (κ2) is 8.27. The van der Waals surface area contributed by atoms with Gasteiger partial charge in [-0.1, -0.05) is 37.3 Å². The summed E-state index contributed by atoms with van der Waals surface area (Å²) in [5.74, 6) is -2.21. The van der Waals surface area contributed by atoms with Crippen molar-refractivity contribution in [3.8, 4) is 0 Å². The zero-order chi connectivity index (χ0) is 17.5. The Labute approximate surface area is 136 Å². The molecule has 1 aromatic rings. The molecule has 0 aliphatic carbocycles. The molecule has 0 fully saturated rings. The third-order valence-electron chi connectivity index (χ3n) is 3.45. The summed E-state index contributed by atoms with van der Waals surface area (Å²) in [4.78, 5) is 36.9. The lowest BCUT2D eigenvalue weighted by Crippen LogP contribution is -2.50. The fourth-order valence-electron chi connectivity index (χ4n) is 2.01. The van der Waals surface area contributed by atoms with Gasteiger partial charge in [0, 0.05) is 6.42 Å². The van der Waals surface area contributed by atoms with Crippen LogP contribution in [-0.2, 0) is 19.1 Å². The van der Waals surface area contributed by atoms with E-state index in [9.17, 15) is 14.4 Å². The van der Waals surface area contributed by atoms with Crippen molar-refractivity contribution in [3.63, 3.8) is 0 Å². The van der Waals surface area contributed by atoms with Gasteiger partial charge < -0.3 is 9.47 Å². The smallest absolute Gasteiger partial charge is 0.358 e. The number of ether oxygens (including phenoxy) is 2. The number of Topliss-reactive ketones (excluding diaryl/α,β-unsaturated/α-hetero) is 1. The minimum absolute atomic E-state index is 0.0787. The van der Waals surface area contributed by atoms with Crippen LogP contribution in [0.1, 0.15) is 44.0 Å². The summed E-state index contributed by atoms with van der Waals surface area (Å²) in [6.45, 7) is 8.56. The molecule has 1 rings (SSSR count). The minimum Gasteiger partial charge on any atom is -0.463 e. The van der Waals surface area contributed by atoms with Crippen LogP contribution in [0.3, 0.4) is 0 Å². The molecule has 1 atom stereocenters. The first kappa shape index (κ1) is 18.6. The normalized spacial score (nSPS) is 12.8. The van der Waals surface area contributed by atoms with Gasteiger partial charge in [-0.2, -0.15) is 0 Å². The molecule has 0 aliphatic heterocycles. The summed E-state index contributed by atoms with van der Waals surface area (Å²) in [7, 11) is 0. The number of benzene rings is 1. The van der Waals surface area contributed by atoms with Crippen LogP contribution in [0.2, 0.25) is 0 Å². The van der Waals surface area contributed by atoms with E-state index in [2.05, 4.69) is 6.58 Å². The first-order valence-corrected chi connectivity index (χ1v) is 7.50. The highest BCUT2D eigenvalue weighted by atomic mass is 16.6. The van der Waals surface area contributed by atoms with E-state index in [1.165, 1.54) is 6.92 Å². The Bertz CT molecular complexity index is 591. The van der Waals surface area contributed by atoms with Crippen LogP contribution in [0.5, 0.6) is 0 Å². The van der Waals surface area contributed by atoms with Crippen molar-refractivity contribution in [2.75, 3.05) is 6.61 Å². The van der Waals surface area contributed by atoms with Gasteiger partial charge in [0.25, 0.3) is 5.60 Å². The first-order valence-electron chi connectivity index (χ1n) is 7.50. The third kappa shape index (κ3) is 4.52. The van der Waals surface area contributed by atoms with Crippen molar-refractivity contribution in [1.29, 1.82) is 0 Å². The van der Waals surface area contributed by atoms with Crippen molar-refractivity contribution < 1.29 is 23.9 Å². The quantitative estimate of drug-likeness (QED) is 0.418. The molecule has 0 radical (unpaired) electrons. The number of carbonyl (C=O) groups is 3. The van der Waals surface area contributed by atoms with E-state index in [1.807, 2.05) is 6.92 Å². The van der Waals surface area contributed by atoms with Crippen molar-refractivity contribution in [1.82, 2.24) is 0 Å². The summed E-state index contributed by atoms with van der Waals surface area (Å²) in [6, 6.07) is 8.18. The second-order valence-electron chi connectivity index (χ2n) is 5.14. The van der Waals surface area contributed by atoms with Gasteiger partial charge in [0.2, 0.25) is 0 Å². The SMILES string of the molecule is C=C(CC)CC(OC(=O)c1ccccc1)(C(C)=O)C(=O)OCC. The van der Waals surface area contributed by atoms with E-state index in [0.29, 0.717) is 12.0 Å². The Balaban J connectivity index is 3.20. The Kier molecular flexibility index (Phi) is 6.69. The summed E-state index contributed by atoms with van der Waals surface area (Å²) < 4.78 is 10.3. The molecule has 0 heterocycles. The molecular formula is C18H22O5. The van der Waals surface area contributed by atoms with E-state index in [0.717, 1.165) is 0 Å². The fraction of sp³-hybridized carbons (Fsp3) is 0.389. The number of hydrogen-bond acceptors (Lipinski definition) is 5. The average Bonchev–Trinajstić information content (AvgIpc) is 2.54. The molecule has 0 N–H and O–H groups in total. The third-order valence-corrected chi connectivity index (χ3v) is 3.45. The van der Waals surface area contributed by atoms with Gasteiger partial charge in [-0.3, -0.25) is 4.79 Å². The summed E-state index contributed by atoms with van der Waals surface area (Å²) in [5.41, 5.74) is -1.12. The van der Waals surface area contributed by atoms with Crippen molar-refractivity contribution in [3.05, 3.63) is 48.0 Å². The lowest BCUT2D eigenvalue weighted by atomic mass is 9.89. The summed E-state index contributed by atoms with van der Waals surface area (Å²) >= 11 is 0. The van der Waals surface area contributed by atoms with Crippen molar-refractivity contribution in [2.24, 2.45) is 0 Å². The topological polar surface area (TPSA) is 69.7 Å². The molecule has 0 amide bonds. The van der Waals surface area contributed by atoms with E-state index < -0.39 is 23.3 Å². The number of ketones is 1. The van der Waals surface area contributed by atoms with E-state index in [4.69, 9.17) is 9.47 Å². The fourth-order valence-corrected chi connectivity index (χ4v) is 2.01. The monoisotopic (exact) mass is 318 g/mol. The van der Waals surface area contributed by atoms with Gasteiger partial charge >= 0.3 is 11.9 Å². The van der Waals surface area contributed by atoms with E-state index in [-0.39, 0.29) is 18.6 Å². The average molecular weight is 318 g/mol. The standard InChI is InChI=1S/C18H22O5/c1-5-13(3)12-18(14(4)19,17(21)22-6-2)23-16(20)15-10-8-7-9-11-15/h7-11H,3,5-6,12H2,1-2,4H3. The van der Waals surface area contributed by atoms with Gasteiger partial charge in [0.15, 0.2) is 5.78 Å². The van der Waals surface area contributed by atoms with Crippen molar-refractivity contribution in [2.45, 2.75) is 39.2 Å². The molecule has 1 aromatic carbocycles.